The van der Waals surface area contributed by atoms with Crippen LogP contribution in [0.3, 0.4) is 0 Å². The minimum Gasteiger partial charge on any atom is -0.352 e. The third kappa shape index (κ3) is 4.58. The van der Waals surface area contributed by atoms with Crippen molar-refractivity contribution in [1.82, 2.24) is 20.2 Å². The fourth-order valence-corrected chi connectivity index (χ4v) is 2.69. The number of benzene rings is 2. The lowest BCUT2D eigenvalue weighted by atomic mass is 10.2. The number of nitrogens with one attached hydrogen (secondary N) is 2. The van der Waals surface area contributed by atoms with Gasteiger partial charge >= 0.3 is 0 Å². The SMILES string of the molecule is CN(Cc1nc2ccccc2c(=O)[nH]1)C(=O)CCNC(=O)c1ccccc1. The van der Waals surface area contributed by atoms with Gasteiger partial charge in [0.05, 0.1) is 17.4 Å². The normalized spacial score (nSPS) is 10.6. The Kier molecular flexibility index (Phi) is 5.61. The highest BCUT2D eigenvalue weighted by Gasteiger charge is 2.12. The number of hydrogen-bond donors (Lipinski definition) is 2. The Morgan fingerprint density at radius 3 is 2.56 bits per heavy atom. The topological polar surface area (TPSA) is 95.2 Å². The number of fused-ring (bicyclic) bond motifs is 1. The number of aromatic amines is 1. The molecular weight excluding hydrogens is 344 g/mol. The van der Waals surface area contributed by atoms with Gasteiger partial charge in [0.25, 0.3) is 11.5 Å². The van der Waals surface area contributed by atoms with Crippen LogP contribution >= 0.6 is 0 Å². The van der Waals surface area contributed by atoms with Crippen LogP contribution in [0.2, 0.25) is 0 Å². The summed E-state index contributed by atoms with van der Waals surface area (Å²) in [5.74, 6) is 0.0496. The van der Waals surface area contributed by atoms with Crippen LogP contribution in [0.1, 0.15) is 22.6 Å². The van der Waals surface area contributed by atoms with Crippen molar-refractivity contribution < 1.29 is 9.59 Å². The summed E-state index contributed by atoms with van der Waals surface area (Å²) in [4.78, 5) is 44.9. The molecule has 3 aromatic rings. The van der Waals surface area contributed by atoms with Crippen molar-refractivity contribution in [1.29, 1.82) is 0 Å². The molecule has 0 radical (unpaired) electrons. The average Bonchev–Trinajstić information content (AvgIpc) is 2.68. The molecule has 7 heteroatoms. The third-order valence-corrected chi connectivity index (χ3v) is 4.13. The van der Waals surface area contributed by atoms with Crippen molar-refractivity contribution >= 4 is 22.7 Å². The first-order chi connectivity index (χ1) is 13.0. The van der Waals surface area contributed by atoms with Crippen molar-refractivity contribution in [2.24, 2.45) is 0 Å². The minimum atomic E-state index is -0.230. The molecule has 0 aliphatic rings. The summed E-state index contributed by atoms with van der Waals surface area (Å²) >= 11 is 0. The second kappa shape index (κ2) is 8.27. The number of hydrogen-bond acceptors (Lipinski definition) is 4. The summed E-state index contributed by atoms with van der Waals surface area (Å²) in [5, 5.41) is 3.23. The van der Waals surface area contributed by atoms with E-state index < -0.39 is 0 Å². The lowest BCUT2D eigenvalue weighted by Crippen LogP contribution is -2.32. The molecule has 7 nitrogen and oxygen atoms in total. The lowest BCUT2D eigenvalue weighted by Gasteiger charge is -2.17. The highest BCUT2D eigenvalue weighted by atomic mass is 16.2. The zero-order valence-corrected chi connectivity index (χ0v) is 14.9. The quantitative estimate of drug-likeness (QED) is 0.696. The molecule has 1 aromatic heterocycles. The summed E-state index contributed by atoms with van der Waals surface area (Å²) in [7, 11) is 1.64. The predicted molar refractivity (Wildman–Crippen MR) is 102 cm³/mol. The van der Waals surface area contributed by atoms with Crippen LogP contribution in [0.25, 0.3) is 10.9 Å². The first kappa shape index (κ1) is 18.3. The second-order valence-corrected chi connectivity index (χ2v) is 6.15. The lowest BCUT2D eigenvalue weighted by molar-refractivity contribution is -0.130. The van der Waals surface area contributed by atoms with Crippen LogP contribution in [0, 0.1) is 0 Å². The van der Waals surface area contributed by atoms with Gasteiger partial charge in [0.2, 0.25) is 5.91 Å². The van der Waals surface area contributed by atoms with E-state index in [1.54, 1.807) is 49.5 Å². The molecule has 1 heterocycles. The Bertz CT molecular complexity index is 1010. The van der Waals surface area contributed by atoms with Gasteiger partial charge in [-0.1, -0.05) is 30.3 Å². The zero-order chi connectivity index (χ0) is 19.2. The Morgan fingerprint density at radius 1 is 1.07 bits per heavy atom. The van der Waals surface area contributed by atoms with E-state index in [0.29, 0.717) is 22.3 Å². The Labute approximate surface area is 156 Å². The van der Waals surface area contributed by atoms with E-state index in [0.717, 1.165) is 0 Å². The van der Waals surface area contributed by atoms with E-state index >= 15 is 0 Å². The van der Waals surface area contributed by atoms with Gasteiger partial charge in [0.1, 0.15) is 5.82 Å². The predicted octanol–water partition coefficient (Wildman–Crippen LogP) is 1.70. The number of carbonyl (C=O) groups is 2. The maximum absolute atomic E-state index is 12.3. The number of H-pyrrole nitrogens is 1. The molecule has 0 unspecified atom stereocenters. The molecule has 0 aliphatic carbocycles. The van der Waals surface area contributed by atoms with Crippen LogP contribution in [0.15, 0.2) is 59.4 Å². The van der Waals surface area contributed by atoms with Crippen LogP contribution in [0.5, 0.6) is 0 Å². The van der Waals surface area contributed by atoms with Crippen molar-refractivity contribution in [2.45, 2.75) is 13.0 Å². The molecule has 0 aliphatic heterocycles. The first-order valence-corrected chi connectivity index (χ1v) is 8.60. The molecule has 27 heavy (non-hydrogen) atoms. The molecule has 2 amide bonds. The first-order valence-electron chi connectivity index (χ1n) is 8.60. The maximum atomic E-state index is 12.3. The molecule has 2 N–H and O–H groups in total. The molecule has 0 atom stereocenters. The molecule has 2 aromatic carbocycles. The summed E-state index contributed by atoms with van der Waals surface area (Å²) in [6, 6.07) is 15.9. The van der Waals surface area contributed by atoms with Crippen molar-refractivity contribution in [2.75, 3.05) is 13.6 Å². The highest BCUT2D eigenvalue weighted by Crippen LogP contribution is 2.07. The molecule has 0 saturated carbocycles. The molecule has 138 valence electrons. The number of carbonyl (C=O) groups excluding carboxylic acids is 2. The smallest absolute Gasteiger partial charge is 0.258 e. The maximum Gasteiger partial charge on any atom is 0.258 e. The summed E-state index contributed by atoms with van der Waals surface area (Å²) < 4.78 is 0. The standard InChI is InChI=1S/C20H20N4O3/c1-24(13-17-22-16-10-6-5-9-15(16)20(27)23-17)18(25)11-12-21-19(26)14-7-3-2-4-8-14/h2-10H,11-13H2,1H3,(H,21,26)(H,22,23,27). The average molecular weight is 364 g/mol. The summed E-state index contributed by atoms with van der Waals surface area (Å²) in [6.07, 6.45) is 0.160. The van der Waals surface area contributed by atoms with Crippen LogP contribution < -0.4 is 10.9 Å². The molecule has 3 rings (SSSR count). The summed E-state index contributed by atoms with van der Waals surface area (Å²) in [5.41, 5.74) is 0.912. The van der Waals surface area contributed by atoms with Crippen LogP contribution in [-0.2, 0) is 11.3 Å². The number of rotatable bonds is 6. The van der Waals surface area contributed by atoms with E-state index in [4.69, 9.17) is 0 Å². The fourth-order valence-electron chi connectivity index (χ4n) is 2.69. The van der Waals surface area contributed by atoms with Crippen molar-refractivity contribution in [3.05, 3.63) is 76.3 Å². The number of nitrogens with zero attached hydrogens (tertiary/aromatic N) is 2. The Hall–Kier alpha value is -3.48. The fraction of sp³-hybridized carbons (Fsp3) is 0.200. The second-order valence-electron chi connectivity index (χ2n) is 6.15. The minimum absolute atomic E-state index is 0.154. The van der Waals surface area contributed by atoms with E-state index in [1.807, 2.05) is 12.1 Å². The zero-order valence-electron chi connectivity index (χ0n) is 14.9. The third-order valence-electron chi connectivity index (χ3n) is 4.13. The highest BCUT2D eigenvalue weighted by molar-refractivity contribution is 5.94. The molecular formula is C20H20N4O3. The number of amides is 2. The molecule has 0 saturated heterocycles. The summed E-state index contributed by atoms with van der Waals surface area (Å²) in [6.45, 7) is 0.421. The van der Waals surface area contributed by atoms with Gasteiger partial charge in [0.15, 0.2) is 0 Å². The van der Waals surface area contributed by atoms with Gasteiger partial charge in [-0.15, -0.1) is 0 Å². The van der Waals surface area contributed by atoms with Gasteiger partial charge in [0, 0.05) is 25.6 Å². The van der Waals surface area contributed by atoms with Crippen LogP contribution in [-0.4, -0.2) is 40.3 Å². The van der Waals surface area contributed by atoms with Crippen LogP contribution in [0.4, 0.5) is 0 Å². The van der Waals surface area contributed by atoms with E-state index in [9.17, 15) is 14.4 Å². The van der Waals surface area contributed by atoms with E-state index in [-0.39, 0.29) is 36.9 Å². The number of para-hydroxylation sites is 1. The molecule has 0 spiro atoms. The van der Waals surface area contributed by atoms with E-state index in [1.165, 1.54) is 4.90 Å². The van der Waals surface area contributed by atoms with Gasteiger partial charge in [-0.25, -0.2) is 4.98 Å². The number of aromatic nitrogens is 2. The Balaban J connectivity index is 1.55. The molecule has 0 fully saturated rings. The van der Waals surface area contributed by atoms with Gasteiger partial charge < -0.3 is 15.2 Å². The van der Waals surface area contributed by atoms with Crippen molar-refractivity contribution in [3.8, 4) is 0 Å². The van der Waals surface area contributed by atoms with E-state index in [2.05, 4.69) is 15.3 Å². The largest absolute Gasteiger partial charge is 0.352 e. The monoisotopic (exact) mass is 364 g/mol. The Morgan fingerprint density at radius 2 is 1.78 bits per heavy atom. The van der Waals surface area contributed by atoms with Crippen molar-refractivity contribution in [3.63, 3.8) is 0 Å². The van der Waals surface area contributed by atoms with Gasteiger partial charge in [-0.05, 0) is 24.3 Å². The van der Waals surface area contributed by atoms with Gasteiger partial charge in [-0.2, -0.15) is 0 Å². The molecule has 0 bridgehead atoms. The van der Waals surface area contributed by atoms with Gasteiger partial charge in [-0.3, -0.25) is 14.4 Å².